The number of fused-ring (bicyclic) bond motifs is 1. The van der Waals surface area contributed by atoms with Gasteiger partial charge in [0, 0.05) is 6.26 Å². The van der Waals surface area contributed by atoms with Crippen LogP contribution in [0.15, 0.2) is 9.95 Å². The van der Waals surface area contributed by atoms with E-state index in [2.05, 4.69) is 9.97 Å². The number of rotatable bonds is 1. The van der Waals surface area contributed by atoms with E-state index in [1.807, 2.05) is 4.98 Å². The van der Waals surface area contributed by atoms with Crippen molar-refractivity contribution in [1.29, 1.82) is 0 Å². The lowest BCUT2D eigenvalue weighted by atomic mass is 10.3. The Morgan fingerprint density at radius 3 is 2.39 bits per heavy atom. The van der Waals surface area contributed by atoms with E-state index in [-0.39, 0.29) is 10.5 Å². The van der Waals surface area contributed by atoms with Gasteiger partial charge >= 0.3 is 0 Å². The SMILES string of the molecule is CS(=O)(=O)c1nc2c(F)c(Cl)nc(Cl)c2c(=O)[nH]1. The number of nitrogens with one attached hydrogen (secondary N) is 1. The third-order valence-corrected chi connectivity index (χ3v) is 3.46. The van der Waals surface area contributed by atoms with Crippen molar-refractivity contribution in [3.05, 3.63) is 26.5 Å². The smallest absolute Gasteiger partial charge is 0.262 e. The number of H-pyrrole nitrogens is 1. The zero-order chi connectivity index (χ0) is 13.7. The maximum Gasteiger partial charge on any atom is 0.262 e. The Bertz CT molecular complexity index is 818. The van der Waals surface area contributed by atoms with Crippen LogP contribution in [0.2, 0.25) is 10.3 Å². The summed E-state index contributed by atoms with van der Waals surface area (Å²) < 4.78 is 36.2. The topological polar surface area (TPSA) is 92.8 Å². The molecule has 0 aliphatic rings. The maximum atomic E-state index is 13.7. The van der Waals surface area contributed by atoms with Crippen LogP contribution in [0.25, 0.3) is 10.9 Å². The van der Waals surface area contributed by atoms with Crippen LogP contribution < -0.4 is 5.56 Å². The van der Waals surface area contributed by atoms with E-state index >= 15 is 0 Å². The summed E-state index contributed by atoms with van der Waals surface area (Å²) in [5, 5.41) is -1.97. The molecule has 0 radical (unpaired) electrons. The molecule has 2 rings (SSSR count). The second-order valence-electron chi connectivity index (χ2n) is 3.37. The minimum absolute atomic E-state index is 0.356. The fraction of sp³-hybridized carbons (Fsp3) is 0.125. The second kappa shape index (κ2) is 4.15. The van der Waals surface area contributed by atoms with E-state index in [1.165, 1.54) is 0 Å². The predicted octanol–water partition coefficient (Wildman–Crippen LogP) is 1.17. The molecule has 0 spiro atoms. The third-order valence-electron chi connectivity index (χ3n) is 2.04. The van der Waals surface area contributed by atoms with Crippen molar-refractivity contribution in [3.8, 4) is 0 Å². The van der Waals surface area contributed by atoms with Crippen molar-refractivity contribution in [2.75, 3.05) is 6.26 Å². The Hall–Kier alpha value is -1.25. The molecule has 2 aromatic heterocycles. The Morgan fingerprint density at radius 2 is 1.83 bits per heavy atom. The average molecular weight is 312 g/mol. The fourth-order valence-electron chi connectivity index (χ4n) is 1.27. The van der Waals surface area contributed by atoms with Gasteiger partial charge in [-0.1, -0.05) is 23.2 Å². The number of nitrogens with zero attached hydrogens (tertiary/aromatic N) is 2. The first kappa shape index (κ1) is 13.2. The molecule has 0 aliphatic carbocycles. The van der Waals surface area contributed by atoms with Gasteiger partial charge < -0.3 is 0 Å². The molecular formula is C8H4Cl2FN3O3S. The highest BCUT2D eigenvalue weighted by atomic mass is 35.5. The van der Waals surface area contributed by atoms with E-state index in [0.29, 0.717) is 0 Å². The lowest BCUT2D eigenvalue weighted by Crippen LogP contribution is -2.16. The van der Waals surface area contributed by atoms with Crippen LogP contribution >= 0.6 is 23.2 Å². The van der Waals surface area contributed by atoms with Crippen molar-refractivity contribution in [3.63, 3.8) is 0 Å². The van der Waals surface area contributed by atoms with Crippen LogP contribution in [0.4, 0.5) is 4.39 Å². The molecule has 0 bridgehead atoms. The van der Waals surface area contributed by atoms with Crippen LogP contribution in [0, 0.1) is 5.82 Å². The lowest BCUT2D eigenvalue weighted by molar-refractivity contribution is 0.591. The van der Waals surface area contributed by atoms with Crippen LogP contribution in [-0.2, 0) is 9.84 Å². The van der Waals surface area contributed by atoms with Gasteiger partial charge in [-0.15, -0.1) is 0 Å². The normalized spacial score (nSPS) is 12.0. The van der Waals surface area contributed by atoms with Crippen molar-refractivity contribution >= 4 is 43.9 Å². The van der Waals surface area contributed by atoms with Gasteiger partial charge in [-0.25, -0.2) is 22.8 Å². The zero-order valence-corrected chi connectivity index (χ0v) is 11.0. The first-order valence-electron chi connectivity index (χ1n) is 4.36. The molecule has 0 aliphatic heterocycles. The molecule has 6 nitrogen and oxygen atoms in total. The number of sulfone groups is 1. The largest absolute Gasteiger partial charge is 0.297 e. The first-order valence-corrected chi connectivity index (χ1v) is 7.01. The molecule has 2 heterocycles. The highest BCUT2D eigenvalue weighted by Gasteiger charge is 2.20. The van der Waals surface area contributed by atoms with E-state index in [4.69, 9.17) is 23.2 Å². The van der Waals surface area contributed by atoms with Gasteiger partial charge in [0.1, 0.15) is 16.1 Å². The van der Waals surface area contributed by atoms with Gasteiger partial charge in [-0.3, -0.25) is 9.78 Å². The summed E-state index contributed by atoms with van der Waals surface area (Å²) in [7, 11) is -3.80. The van der Waals surface area contributed by atoms with Gasteiger partial charge in [0.25, 0.3) is 5.56 Å². The summed E-state index contributed by atoms with van der Waals surface area (Å²) in [6.45, 7) is 0. The van der Waals surface area contributed by atoms with E-state index in [1.54, 1.807) is 0 Å². The molecule has 96 valence electrons. The van der Waals surface area contributed by atoms with Gasteiger partial charge in [0.2, 0.25) is 15.0 Å². The number of hydrogen-bond donors (Lipinski definition) is 1. The number of aromatic amines is 1. The van der Waals surface area contributed by atoms with Crippen molar-refractivity contribution < 1.29 is 12.8 Å². The van der Waals surface area contributed by atoms with Crippen molar-refractivity contribution in [1.82, 2.24) is 15.0 Å². The van der Waals surface area contributed by atoms with Crippen LogP contribution in [0.5, 0.6) is 0 Å². The zero-order valence-electron chi connectivity index (χ0n) is 8.66. The van der Waals surface area contributed by atoms with E-state index in [9.17, 15) is 17.6 Å². The molecule has 0 atom stereocenters. The second-order valence-corrected chi connectivity index (χ2v) is 6.02. The highest BCUT2D eigenvalue weighted by Crippen LogP contribution is 2.24. The summed E-state index contributed by atoms with van der Waals surface area (Å²) in [6.07, 6.45) is 0.819. The molecule has 0 fully saturated rings. The standard InChI is InChI=1S/C8H4Cl2FN3O3S/c1-18(16,17)8-12-4-2(7(15)14-8)5(9)13-6(10)3(4)11/h1H3,(H,12,14,15). The summed E-state index contributed by atoms with van der Waals surface area (Å²) >= 11 is 11.1. The van der Waals surface area contributed by atoms with Crippen molar-refractivity contribution in [2.45, 2.75) is 5.16 Å². The molecule has 0 amide bonds. The molecule has 0 saturated carbocycles. The number of halogens is 3. The summed E-state index contributed by atoms with van der Waals surface area (Å²) in [5.41, 5.74) is -1.45. The highest BCUT2D eigenvalue weighted by molar-refractivity contribution is 7.90. The summed E-state index contributed by atoms with van der Waals surface area (Å²) in [4.78, 5) is 20.5. The van der Waals surface area contributed by atoms with Crippen LogP contribution in [-0.4, -0.2) is 29.6 Å². The van der Waals surface area contributed by atoms with Crippen LogP contribution in [0.1, 0.15) is 0 Å². The monoisotopic (exact) mass is 311 g/mol. The summed E-state index contributed by atoms with van der Waals surface area (Å²) in [6, 6.07) is 0. The molecule has 0 saturated heterocycles. The van der Waals surface area contributed by atoms with Crippen molar-refractivity contribution in [2.24, 2.45) is 0 Å². The Balaban J connectivity index is 3.06. The quantitative estimate of drug-likeness (QED) is 0.630. The predicted molar refractivity (Wildman–Crippen MR) is 63.2 cm³/mol. The minimum Gasteiger partial charge on any atom is -0.297 e. The number of pyridine rings is 1. The molecule has 2 aromatic rings. The Kier molecular flexibility index (Phi) is 3.04. The molecule has 0 aromatic carbocycles. The van der Waals surface area contributed by atoms with Gasteiger partial charge in [0.05, 0.1) is 0 Å². The molecule has 10 heteroatoms. The van der Waals surface area contributed by atoms with E-state index < -0.39 is 37.0 Å². The van der Waals surface area contributed by atoms with Crippen LogP contribution in [0.3, 0.4) is 0 Å². The molecule has 18 heavy (non-hydrogen) atoms. The fourth-order valence-corrected chi connectivity index (χ4v) is 2.28. The minimum atomic E-state index is -3.80. The van der Waals surface area contributed by atoms with Gasteiger partial charge in [-0.2, -0.15) is 0 Å². The Labute approximate surface area is 110 Å². The summed E-state index contributed by atoms with van der Waals surface area (Å²) in [5.74, 6) is -1.10. The maximum absolute atomic E-state index is 13.7. The molecule has 1 N–H and O–H groups in total. The molecule has 0 unspecified atom stereocenters. The average Bonchev–Trinajstić information content (AvgIpc) is 2.23. The Morgan fingerprint density at radius 1 is 1.22 bits per heavy atom. The molecular weight excluding hydrogens is 308 g/mol. The van der Waals surface area contributed by atoms with E-state index in [0.717, 1.165) is 6.26 Å². The number of aromatic nitrogens is 3. The third kappa shape index (κ3) is 2.06. The first-order chi connectivity index (χ1) is 8.21. The van der Waals surface area contributed by atoms with Gasteiger partial charge in [0.15, 0.2) is 11.0 Å². The number of hydrogen-bond acceptors (Lipinski definition) is 5. The van der Waals surface area contributed by atoms with Gasteiger partial charge in [-0.05, 0) is 0 Å². The lowest BCUT2D eigenvalue weighted by Gasteiger charge is -2.04.